The van der Waals surface area contributed by atoms with Gasteiger partial charge in [-0.1, -0.05) is 12.1 Å². The van der Waals surface area contributed by atoms with Crippen molar-refractivity contribution in [2.24, 2.45) is 5.16 Å². The van der Waals surface area contributed by atoms with Gasteiger partial charge in [-0.05, 0) is 42.7 Å². The van der Waals surface area contributed by atoms with E-state index in [4.69, 9.17) is 4.84 Å². The van der Waals surface area contributed by atoms with Crippen molar-refractivity contribution < 1.29 is 9.94 Å². The van der Waals surface area contributed by atoms with Crippen LogP contribution in [-0.2, 0) is 4.84 Å². The highest BCUT2D eigenvalue weighted by Crippen LogP contribution is 2.18. The molecule has 0 unspecified atom stereocenters. The lowest BCUT2D eigenvalue weighted by Crippen LogP contribution is -1.99. The smallest absolute Gasteiger partial charge is 0.118 e. The molecule has 1 rings (SSSR count). The predicted octanol–water partition coefficient (Wildman–Crippen LogP) is 2.46. The van der Waals surface area contributed by atoms with E-state index >= 15 is 0 Å². The van der Waals surface area contributed by atoms with Crippen molar-refractivity contribution in [2.45, 2.75) is 20.3 Å². The van der Waals surface area contributed by atoms with Crippen LogP contribution < -0.4 is 0 Å². The first-order valence-electron chi connectivity index (χ1n) is 4.59. The topological polar surface area (TPSA) is 41.8 Å². The molecule has 0 radical (unpaired) electrons. The summed E-state index contributed by atoms with van der Waals surface area (Å²) in [6.07, 6.45) is 0.804. The van der Waals surface area contributed by atoms with Crippen molar-refractivity contribution in [3.63, 3.8) is 0 Å². The molecule has 0 aromatic heterocycles. The Morgan fingerprint density at radius 2 is 2.21 bits per heavy atom. The Morgan fingerprint density at radius 1 is 1.50 bits per heavy atom. The number of benzene rings is 1. The number of aryl methyl sites for hydroxylation is 1. The maximum absolute atomic E-state index is 9.36. The van der Waals surface area contributed by atoms with Gasteiger partial charge in [-0.25, -0.2) is 0 Å². The zero-order valence-corrected chi connectivity index (χ0v) is 8.74. The summed E-state index contributed by atoms with van der Waals surface area (Å²) >= 11 is 0. The summed E-state index contributed by atoms with van der Waals surface area (Å²) in [5.74, 6) is 0.307. The van der Waals surface area contributed by atoms with Crippen molar-refractivity contribution in [3.05, 3.63) is 29.3 Å². The number of phenols is 1. The summed E-state index contributed by atoms with van der Waals surface area (Å²) in [4.78, 5) is 4.74. The molecule has 0 bridgehead atoms. The van der Waals surface area contributed by atoms with Gasteiger partial charge in [0.05, 0.1) is 5.71 Å². The number of nitrogens with zero attached hydrogens (tertiary/aromatic N) is 1. The summed E-state index contributed by atoms with van der Waals surface area (Å²) in [5.41, 5.74) is 2.72. The molecular formula is C11H15NO2. The molecular weight excluding hydrogens is 178 g/mol. The molecule has 0 aliphatic carbocycles. The molecule has 0 saturated carbocycles. The Balaban J connectivity index is 3.06. The van der Waals surface area contributed by atoms with Crippen LogP contribution in [0.15, 0.2) is 23.4 Å². The molecule has 0 aliphatic heterocycles. The Hall–Kier alpha value is -1.51. The molecule has 3 nitrogen and oxygen atoms in total. The van der Waals surface area contributed by atoms with Crippen LogP contribution in [0.1, 0.15) is 24.5 Å². The fraction of sp³-hybridized carbons (Fsp3) is 0.364. The van der Waals surface area contributed by atoms with Crippen molar-refractivity contribution in [1.29, 1.82) is 0 Å². The van der Waals surface area contributed by atoms with Gasteiger partial charge < -0.3 is 9.94 Å². The number of phenolic OH excluding ortho intramolecular Hbond substituents is 1. The van der Waals surface area contributed by atoms with Crippen molar-refractivity contribution in [1.82, 2.24) is 0 Å². The summed E-state index contributed by atoms with van der Waals surface area (Å²) in [6.45, 7) is 3.87. The molecule has 1 aromatic rings. The zero-order chi connectivity index (χ0) is 10.6. The van der Waals surface area contributed by atoms with Crippen molar-refractivity contribution in [2.75, 3.05) is 7.11 Å². The highest BCUT2D eigenvalue weighted by atomic mass is 16.6. The van der Waals surface area contributed by atoms with Crippen molar-refractivity contribution in [3.8, 4) is 5.75 Å². The molecule has 3 heteroatoms. The van der Waals surface area contributed by atoms with E-state index in [1.165, 1.54) is 7.11 Å². The Labute approximate surface area is 84.0 Å². The van der Waals surface area contributed by atoms with E-state index in [1.54, 1.807) is 6.07 Å². The SMILES string of the molecule is CCC(=NOC)c1ccc(O)c(C)c1. The maximum atomic E-state index is 9.36. The third kappa shape index (κ3) is 2.25. The van der Waals surface area contributed by atoms with Gasteiger partial charge in [0.1, 0.15) is 12.9 Å². The van der Waals surface area contributed by atoms with E-state index in [0.717, 1.165) is 23.3 Å². The van der Waals surface area contributed by atoms with Crippen LogP contribution in [-0.4, -0.2) is 17.9 Å². The third-order valence-electron chi connectivity index (χ3n) is 2.07. The fourth-order valence-corrected chi connectivity index (χ4v) is 1.27. The van der Waals surface area contributed by atoms with Crippen LogP contribution in [0.25, 0.3) is 0 Å². The van der Waals surface area contributed by atoms with Gasteiger partial charge in [-0.3, -0.25) is 0 Å². The standard InChI is InChI=1S/C11H15NO2/c1-4-10(12-14-3)9-5-6-11(13)8(2)7-9/h5-7,13H,4H2,1-3H3. The van der Waals surface area contributed by atoms with Crippen LogP contribution in [0, 0.1) is 6.92 Å². The number of hydrogen-bond acceptors (Lipinski definition) is 3. The predicted molar refractivity (Wildman–Crippen MR) is 56.7 cm³/mol. The molecule has 0 atom stereocenters. The average molecular weight is 193 g/mol. The van der Waals surface area contributed by atoms with Crippen LogP contribution in [0.3, 0.4) is 0 Å². The van der Waals surface area contributed by atoms with Gasteiger partial charge in [0.15, 0.2) is 0 Å². The van der Waals surface area contributed by atoms with E-state index < -0.39 is 0 Å². The molecule has 76 valence electrons. The van der Waals surface area contributed by atoms with Gasteiger partial charge in [0.25, 0.3) is 0 Å². The van der Waals surface area contributed by atoms with Crippen LogP contribution in [0.5, 0.6) is 5.75 Å². The number of rotatable bonds is 3. The summed E-state index contributed by atoms with van der Waals surface area (Å²) < 4.78 is 0. The molecule has 14 heavy (non-hydrogen) atoms. The largest absolute Gasteiger partial charge is 0.508 e. The Kier molecular flexibility index (Phi) is 3.51. The number of oxime groups is 1. The van der Waals surface area contributed by atoms with Gasteiger partial charge in [-0.15, -0.1) is 0 Å². The highest BCUT2D eigenvalue weighted by Gasteiger charge is 2.04. The summed E-state index contributed by atoms with van der Waals surface area (Å²) in [5, 5.41) is 13.3. The first-order chi connectivity index (χ1) is 6.69. The highest BCUT2D eigenvalue weighted by molar-refractivity contribution is 6.00. The minimum absolute atomic E-state index is 0.307. The van der Waals surface area contributed by atoms with Gasteiger partial charge in [0.2, 0.25) is 0 Å². The van der Waals surface area contributed by atoms with Gasteiger partial charge in [-0.2, -0.15) is 0 Å². The fourth-order valence-electron chi connectivity index (χ4n) is 1.27. The molecule has 0 spiro atoms. The Morgan fingerprint density at radius 3 is 2.71 bits per heavy atom. The second-order valence-electron chi connectivity index (χ2n) is 3.08. The Bertz CT molecular complexity index is 345. The zero-order valence-electron chi connectivity index (χ0n) is 8.74. The van der Waals surface area contributed by atoms with Gasteiger partial charge in [0, 0.05) is 0 Å². The van der Waals surface area contributed by atoms with Crippen molar-refractivity contribution >= 4 is 5.71 Å². The first kappa shape index (κ1) is 10.6. The van der Waals surface area contributed by atoms with Gasteiger partial charge >= 0.3 is 0 Å². The lowest BCUT2D eigenvalue weighted by atomic mass is 10.1. The summed E-state index contributed by atoms with van der Waals surface area (Å²) in [6, 6.07) is 5.41. The monoisotopic (exact) mass is 193 g/mol. The molecule has 1 aromatic carbocycles. The molecule has 0 saturated heterocycles. The second-order valence-corrected chi connectivity index (χ2v) is 3.08. The van der Waals surface area contributed by atoms with Crippen LogP contribution in [0.4, 0.5) is 0 Å². The van der Waals surface area contributed by atoms with E-state index in [0.29, 0.717) is 5.75 Å². The van der Waals surface area contributed by atoms with E-state index in [9.17, 15) is 5.11 Å². The maximum Gasteiger partial charge on any atom is 0.118 e. The molecule has 1 N–H and O–H groups in total. The van der Waals surface area contributed by atoms with E-state index in [-0.39, 0.29) is 0 Å². The molecule has 0 amide bonds. The quantitative estimate of drug-likeness (QED) is 0.591. The third-order valence-corrected chi connectivity index (χ3v) is 2.07. The molecule has 0 fully saturated rings. The van der Waals surface area contributed by atoms with E-state index in [2.05, 4.69) is 5.16 Å². The lowest BCUT2D eigenvalue weighted by molar-refractivity contribution is 0.213. The van der Waals surface area contributed by atoms with Crippen LogP contribution >= 0.6 is 0 Å². The minimum Gasteiger partial charge on any atom is -0.508 e. The normalized spacial score (nSPS) is 11.5. The molecule has 0 aliphatic rings. The summed E-state index contributed by atoms with van der Waals surface area (Å²) in [7, 11) is 1.53. The van der Waals surface area contributed by atoms with Crippen LogP contribution in [0.2, 0.25) is 0 Å². The molecule has 0 heterocycles. The average Bonchev–Trinajstić information content (AvgIpc) is 2.19. The second kappa shape index (κ2) is 4.65. The first-order valence-corrected chi connectivity index (χ1v) is 4.59. The minimum atomic E-state index is 0.307. The van der Waals surface area contributed by atoms with E-state index in [1.807, 2.05) is 26.0 Å². The number of hydrogen-bond donors (Lipinski definition) is 1. The lowest BCUT2D eigenvalue weighted by Gasteiger charge is -2.05. The number of aromatic hydroxyl groups is 1.